The summed E-state index contributed by atoms with van der Waals surface area (Å²) >= 11 is 9.61. The van der Waals surface area contributed by atoms with Gasteiger partial charge in [0.1, 0.15) is 5.75 Å². The number of aromatic nitrogens is 1. The van der Waals surface area contributed by atoms with E-state index in [1.807, 2.05) is 63.2 Å². The molecule has 0 spiro atoms. The number of fused-ring (bicyclic) bond motifs is 1. The number of ether oxygens (including phenoxy) is 1. The van der Waals surface area contributed by atoms with Gasteiger partial charge in [0.25, 0.3) is 5.91 Å². The zero-order valence-electron chi connectivity index (χ0n) is 18.2. The van der Waals surface area contributed by atoms with Crippen molar-refractivity contribution in [3.8, 4) is 17.0 Å². The fourth-order valence-electron chi connectivity index (χ4n) is 3.91. The largest absolute Gasteiger partial charge is 0.497 e. The molecule has 0 saturated carbocycles. The highest BCUT2D eigenvalue weighted by Crippen LogP contribution is 2.33. The van der Waals surface area contributed by atoms with Crippen molar-refractivity contribution < 1.29 is 9.53 Å². The van der Waals surface area contributed by atoms with Crippen LogP contribution >= 0.6 is 27.5 Å². The molecule has 0 bridgehead atoms. The molecule has 0 saturated heterocycles. The minimum atomic E-state index is -0.201. The average molecular weight is 510 g/mol. The number of nitrogens with zero attached hydrogens (tertiary/aromatic N) is 1. The monoisotopic (exact) mass is 508 g/mol. The number of benzene rings is 3. The Morgan fingerprint density at radius 1 is 1.03 bits per heavy atom. The summed E-state index contributed by atoms with van der Waals surface area (Å²) in [6.07, 6.45) is 0. The molecule has 1 aromatic heterocycles. The summed E-state index contributed by atoms with van der Waals surface area (Å²) in [6, 6.07) is 17.2. The van der Waals surface area contributed by atoms with Crippen LogP contribution in [0.1, 0.15) is 27.0 Å². The van der Waals surface area contributed by atoms with E-state index in [1.165, 1.54) is 0 Å². The van der Waals surface area contributed by atoms with Crippen molar-refractivity contribution in [2.45, 2.75) is 20.8 Å². The van der Waals surface area contributed by atoms with E-state index in [4.69, 9.17) is 21.3 Å². The second kappa shape index (κ2) is 8.93. The standard InChI is InChI=1S/C26H22BrClN2O2/c1-14-11-15(2)24-20(12-14)23(26(31)29-18-7-10-21(27)22(28)13-18)16(3)25(30-24)17-5-8-19(32-4)9-6-17/h5-13H,1-4H3,(H,29,31). The molecule has 0 radical (unpaired) electrons. The van der Waals surface area contributed by atoms with Crippen molar-refractivity contribution in [2.24, 2.45) is 0 Å². The van der Waals surface area contributed by atoms with Gasteiger partial charge >= 0.3 is 0 Å². The average Bonchev–Trinajstić information content (AvgIpc) is 2.76. The first-order chi connectivity index (χ1) is 15.3. The second-order valence-corrected chi connectivity index (χ2v) is 9.01. The lowest BCUT2D eigenvalue weighted by atomic mass is 9.94. The van der Waals surface area contributed by atoms with E-state index >= 15 is 0 Å². The predicted molar refractivity (Wildman–Crippen MR) is 135 cm³/mol. The summed E-state index contributed by atoms with van der Waals surface area (Å²) in [6.45, 7) is 5.98. The molecular weight excluding hydrogens is 488 g/mol. The molecule has 4 nitrogen and oxygen atoms in total. The molecule has 0 aliphatic carbocycles. The van der Waals surface area contributed by atoms with E-state index < -0.39 is 0 Å². The van der Waals surface area contributed by atoms with Gasteiger partial charge in [-0.05, 0) is 96.4 Å². The van der Waals surface area contributed by atoms with Crippen LogP contribution in [-0.4, -0.2) is 18.0 Å². The molecule has 1 heterocycles. The van der Waals surface area contributed by atoms with Gasteiger partial charge in [-0.25, -0.2) is 4.98 Å². The van der Waals surface area contributed by atoms with Gasteiger partial charge in [-0.1, -0.05) is 23.2 Å². The third kappa shape index (κ3) is 4.23. The number of carbonyl (C=O) groups is 1. The Morgan fingerprint density at radius 3 is 2.41 bits per heavy atom. The van der Waals surface area contributed by atoms with Gasteiger partial charge in [-0.3, -0.25) is 4.79 Å². The third-order valence-corrected chi connectivity index (χ3v) is 6.67. The molecule has 1 amide bonds. The Hall–Kier alpha value is -2.89. The van der Waals surface area contributed by atoms with Gasteiger partial charge < -0.3 is 10.1 Å². The van der Waals surface area contributed by atoms with Crippen LogP contribution in [0, 0.1) is 20.8 Å². The summed E-state index contributed by atoms with van der Waals surface area (Å²) in [7, 11) is 1.64. The maximum absolute atomic E-state index is 13.5. The highest BCUT2D eigenvalue weighted by atomic mass is 79.9. The van der Waals surface area contributed by atoms with Gasteiger partial charge in [0, 0.05) is 21.1 Å². The van der Waals surface area contributed by atoms with Crippen LogP contribution < -0.4 is 10.1 Å². The first-order valence-corrected chi connectivity index (χ1v) is 11.3. The van der Waals surface area contributed by atoms with Gasteiger partial charge in [0.15, 0.2) is 0 Å². The summed E-state index contributed by atoms with van der Waals surface area (Å²) in [5.41, 5.74) is 6.65. The molecular formula is C26H22BrClN2O2. The number of hydrogen-bond acceptors (Lipinski definition) is 3. The molecule has 1 N–H and O–H groups in total. The number of halogens is 2. The topological polar surface area (TPSA) is 51.2 Å². The van der Waals surface area contributed by atoms with Crippen LogP contribution in [-0.2, 0) is 0 Å². The van der Waals surface area contributed by atoms with Crippen molar-refractivity contribution in [1.82, 2.24) is 4.98 Å². The summed E-state index contributed by atoms with van der Waals surface area (Å²) in [5.74, 6) is 0.567. The maximum Gasteiger partial charge on any atom is 0.256 e. The lowest BCUT2D eigenvalue weighted by Gasteiger charge is -2.17. The van der Waals surface area contributed by atoms with Crippen molar-refractivity contribution in [3.63, 3.8) is 0 Å². The maximum atomic E-state index is 13.5. The lowest BCUT2D eigenvalue weighted by molar-refractivity contribution is 0.102. The first-order valence-electron chi connectivity index (χ1n) is 10.1. The molecule has 0 fully saturated rings. The van der Waals surface area contributed by atoms with Crippen molar-refractivity contribution in [3.05, 3.63) is 86.3 Å². The molecule has 0 aliphatic heterocycles. The van der Waals surface area contributed by atoms with Gasteiger partial charge in [0.2, 0.25) is 0 Å². The number of aryl methyl sites for hydroxylation is 2. The number of carbonyl (C=O) groups excluding carboxylic acids is 1. The second-order valence-electron chi connectivity index (χ2n) is 7.75. The van der Waals surface area contributed by atoms with E-state index in [9.17, 15) is 4.79 Å². The number of nitrogens with one attached hydrogen (secondary N) is 1. The number of amides is 1. The van der Waals surface area contributed by atoms with Crippen LogP contribution in [0.5, 0.6) is 5.75 Å². The quantitative estimate of drug-likeness (QED) is 0.310. The molecule has 32 heavy (non-hydrogen) atoms. The van der Waals surface area contributed by atoms with E-state index in [0.29, 0.717) is 16.3 Å². The molecule has 6 heteroatoms. The lowest BCUT2D eigenvalue weighted by Crippen LogP contribution is -2.15. The minimum absolute atomic E-state index is 0.201. The zero-order chi connectivity index (χ0) is 23.0. The van der Waals surface area contributed by atoms with Crippen LogP contribution in [0.25, 0.3) is 22.2 Å². The highest BCUT2D eigenvalue weighted by molar-refractivity contribution is 9.10. The fraction of sp³-hybridized carbons (Fsp3) is 0.154. The molecule has 0 atom stereocenters. The number of methoxy groups -OCH3 is 1. The van der Waals surface area contributed by atoms with E-state index in [1.54, 1.807) is 13.2 Å². The molecule has 4 aromatic rings. The summed E-state index contributed by atoms with van der Waals surface area (Å²) in [4.78, 5) is 18.5. The van der Waals surface area contributed by atoms with Crippen molar-refractivity contribution in [1.29, 1.82) is 0 Å². The van der Waals surface area contributed by atoms with Gasteiger partial charge in [-0.2, -0.15) is 0 Å². The Labute approximate surface area is 200 Å². The molecule has 162 valence electrons. The van der Waals surface area contributed by atoms with Crippen LogP contribution in [0.2, 0.25) is 5.02 Å². The number of anilines is 1. The molecule has 4 rings (SSSR count). The van der Waals surface area contributed by atoms with E-state index in [2.05, 4.69) is 27.3 Å². The Morgan fingerprint density at radius 2 is 1.75 bits per heavy atom. The van der Waals surface area contributed by atoms with Crippen molar-refractivity contribution >= 4 is 50.0 Å². The smallest absolute Gasteiger partial charge is 0.256 e. The number of rotatable bonds is 4. The molecule has 0 aliphatic rings. The normalized spacial score (nSPS) is 10.9. The third-order valence-electron chi connectivity index (χ3n) is 5.44. The minimum Gasteiger partial charge on any atom is -0.497 e. The molecule has 3 aromatic carbocycles. The SMILES string of the molecule is COc1ccc(-c2nc3c(C)cc(C)cc3c(C(=O)Nc3ccc(Br)c(Cl)c3)c2C)cc1. The van der Waals surface area contributed by atoms with Crippen LogP contribution in [0.3, 0.4) is 0 Å². The summed E-state index contributed by atoms with van der Waals surface area (Å²) < 4.78 is 6.06. The Kier molecular flexibility index (Phi) is 6.22. The van der Waals surface area contributed by atoms with Gasteiger partial charge in [-0.15, -0.1) is 0 Å². The van der Waals surface area contributed by atoms with Gasteiger partial charge in [0.05, 0.1) is 28.9 Å². The summed E-state index contributed by atoms with van der Waals surface area (Å²) in [5, 5.41) is 4.37. The van der Waals surface area contributed by atoms with E-state index in [-0.39, 0.29) is 5.91 Å². The van der Waals surface area contributed by atoms with E-state index in [0.717, 1.165) is 49.1 Å². The first kappa shape index (κ1) is 22.3. The van der Waals surface area contributed by atoms with Crippen molar-refractivity contribution in [2.75, 3.05) is 12.4 Å². The predicted octanol–water partition coefficient (Wildman–Crippen LogP) is 7.50. The van der Waals surface area contributed by atoms with Crippen LogP contribution in [0.4, 0.5) is 5.69 Å². The van der Waals surface area contributed by atoms with Crippen LogP contribution in [0.15, 0.2) is 59.1 Å². The highest BCUT2D eigenvalue weighted by Gasteiger charge is 2.21. The number of pyridine rings is 1. The zero-order valence-corrected chi connectivity index (χ0v) is 20.6. The fourth-order valence-corrected chi connectivity index (χ4v) is 4.33. The number of hydrogen-bond donors (Lipinski definition) is 1. The Bertz CT molecular complexity index is 1350. The molecule has 0 unspecified atom stereocenters. The Balaban J connectivity index is 1.91.